The molecule has 3 rings (SSSR count). The minimum atomic E-state index is -3.97. The van der Waals surface area contributed by atoms with Crippen LogP contribution in [0.25, 0.3) is 11.3 Å². The summed E-state index contributed by atoms with van der Waals surface area (Å²) < 4.78 is 27.6. The first-order chi connectivity index (χ1) is 12.4. The number of nitrogens with zero attached hydrogens (tertiary/aromatic N) is 2. The Kier molecular flexibility index (Phi) is 4.88. The fourth-order valence-electron chi connectivity index (χ4n) is 2.24. The molecule has 0 radical (unpaired) electrons. The summed E-state index contributed by atoms with van der Waals surface area (Å²) in [5, 5.41) is 9.05. The van der Waals surface area contributed by atoms with Crippen LogP contribution in [0.4, 0.5) is 5.82 Å². The first-order valence-corrected chi connectivity index (χ1v) is 9.17. The second-order valence-corrected chi connectivity index (χ2v) is 7.23. The molecule has 1 heterocycles. The Labute approximate surface area is 154 Å². The van der Waals surface area contributed by atoms with E-state index in [0.29, 0.717) is 5.56 Å². The first-order valence-electron chi connectivity index (χ1n) is 7.30. The lowest BCUT2D eigenvalue weighted by Gasteiger charge is -2.12. The number of carboxylic acids is 1. The Morgan fingerprint density at radius 2 is 1.65 bits per heavy atom. The number of halogens is 1. The number of rotatable bonds is 5. The number of hydrogen-bond acceptors (Lipinski definition) is 5. The van der Waals surface area contributed by atoms with E-state index in [1.54, 1.807) is 12.1 Å². The van der Waals surface area contributed by atoms with Crippen LogP contribution in [0.5, 0.6) is 0 Å². The van der Waals surface area contributed by atoms with Crippen molar-refractivity contribution in [1.29, 1.82) is 0 Å². The number of sulfonamides is 1. The molecular weight excluding hydrogens is 378 g/mol. The number of carboxylic acid groups (broad SMARTS) is 1. The summed E-state index contributed by atoms with van der Waals surface area (Å²) in [6.45, 7) is 0. The number of aromatic nitrogens is 2. The highest BCUT2D eigenvalue weighted by Gasteiger charge is 2.20. The van der Waals surface area contributed by atoms with Crippen molar-refractivity contribution < 1.29 is 18.3 Å². The molecule has 2 N–H and O–H groups in total. The fourth-order valence-corrected chi connectivity index (χ4v) is 3.78. The number of carbonyl (C=O) groups is 1. The van der Waals surface area contributed by atoms with Crippen LogP contribution in [-0.2, 0) is 10.0 Å². The summed E-state index contributed by atoms with van der Waals surface area (Å²) in [6.07, 6.45) is 2.76. The van der Waals surface area contributed by atoms with Gasteiger partial charge in [0.25, 0.3) is 10.0 Å². The van der Waals surface area contributed by atoms with Crippen molar-refractivity contribution in [1.82, 2.24) is 9.97 Å². The van der Waals surface area contributed by atoms with Gasteiger partial charge in [-0.1, -0.05) is 35.9 Å². The third-order valence-corrected chi connectivity index (χ3v) is 5.30. The third kappa shape index (κ3) is 3.66. The zero-order valence-electron chi connectivity index (χ0n) is 13.1. The molecule has 0 amide bonds. The van der Waals surface area contributed by atoms with Crippen LogP contribution < -0.4 is 4.72 Å². The molecule has 0 atom stereocenters. The molecule has 0 bridgehead atoms. The highest BCUT2D eigenvalue weighted by molar-refractivity contribution is 7.92. The molecule has 7 nitrogen and oxygen atoms in total. The number of benzene rings is 2. The molecule has 132 valence electrons. The smallest absolute Gasteiger partial charge is 0.335 e. The van der Waals surface area contributed by atoms with Crippen LogP contribution >= 0.6 is 11.6 Å². The second kappa shape index (κ2) is 7.11. The Bertz CT molecular complexity index is 1070. The Hall–Kier alpha value is -2.97. The van der Waals surface area contributed by atoms with Crippen LogP contribution in [0, 0.1) is 0 Å². The van der Waals surface area contributed by atoms with Gasteiger partial charge in [0.15, 0.2) is 5.82 Å². The standard InChI is InChI=1S/C17H12ClN3O4S/c18-13-3-1-2-4-14(13)26(24,25)21-16-15(19-9-10-20-16)11-5-7-12(8-6-11)17(22)23/h1-10H,(H,20,21)(H,22,23). The summed E-state index contributed by atoms with van der Waals surface area (Å²) in [7, 11) is -3.97. The molecule has 0 fully saturated rings. The number of hydrogen-bond donors (Lipinski definition) is 2. The van der Waals surface area contributed by atoms with E-state index in [1.165, 1.54) is 48.8 Å². The lowest BCUT2D eigenvalue weighted by atomic mass is 10.1. The molecule has 0 aliphatic rings. The average molecular weight is 390 g/mol. The van der Waals surface area contributed by atoms with Gasteiger partial charge in [0.05, 0.1) is 10.6 Å². The monoisotopic (exact) mass is 389 g/mol. The minimum absolute atomic E-state index is 0.00972. The van der Waals surface area contributed by atoms with E-state index < -0.39 is 16.0 Å². The zero-order valence-corrected chi connectivity index (χ0v) is 14.7. The van der Waals surface area contributed by atoms with Gasteiger partial charge in [-0.05, 0) is 24.3 Å². The van der Waals surface area contributed by atoms with E-state index in [2.05, 4.69) is 14.7 Å². The van der Waals surface area contributed by atoms with E-state index in [1.807, 2.05) is 0 Å². The van der Waals surface area contributed by atoms with Crippen molar-refractivity contribution in [2.75, 3.05) is 4.72 Å². The Morgan fingerprint density at radius 1 is 1.00 bits per heavy atom. The first kappa shape index (κ1) is 17.8. The maximum atomic E-state index is 12.6. The quantitative estimate of drug-likeness (QED) is 0.692. The van der Waals surface area contributed by atoms with E-state index in [-0.39, 0.29) is 27.0 Å². The second-order valence-electron chi connectivity index (χ2n) is 5.17. The third-order valence-electron chi connectivity index (χ3n) is 3.46. The van der Waals surface area contributed by atoms with Gasteiger partial charge in [-0.15, -0.1) is 0 Å². The van der Waals surface area contributed by atoms with E-state index in [9.17, 15) is 13.2 Å². The molecule has 26 heavy (non-hydrogen) atoms. The molecule has 0 spiro atoms. The summed E-state index contributed by atoms with van der Waals surface area (Å²) in [5.74, 6) is -1.05. The molecule has 1 aromatic heterocycles. The number of nitrogens with one attached hydrogen (secondary N) is 1. The van der Waals surface area contributed by atoms with Gasteiger partial charge in [-0.3, -0.25) is 9.71 Å². The zero-order chi connectivity index (χ0) is 18.7. The predicted molar refractivity (Wildman–Crippen MR) is 96.7 cm³/mol. The van der Waals surface area contributed by atoms with Crippen LogP contribution in [0.2, 0.25) is 5.02 Å². The number of aromatic carboxylic acids is 1. The summed E-state index contributed by atoms with van der Waals surface area (Å²) in [5.41, 5.74) is 0.885. The highest BCUT2D eigenvalue weighted by Crippen LogP contribution is 2.28. The van der Waals surface area contributed by atoms with Crippen molar-refractivity contribution in [2.45, 2.75) is 4.90 Å². The van der Waals surface area contributed by atoms with Gasteiger partial charge in [-0.25, -0.2) is 18.2 Å². The average Bonchev–Trinajstić information content (AvgIpc) is 2.62. The van der Waals surface area contributed by atoms with Gasteiger partial charge in [0.1, 0.15) is 10.6 Å². The van der Waals surface area contributed by atoms with Gasteiger partial charge in [0, 0.05) is 18.0 Å². The lowest BCUT2D eigenvalue weighted by molar-refractivity contribution is 0.0697. The minimum Gasteiger partial charge on any atom is -0.478 e. The molecule has 0 saturated heterocycles. The van der Waals surface area contributed by atoms with Crippen molar-refractivity contribution in [3.8, 4) is 11.3 Å². The van der Waals surface area contributed by atoms with Crippen LogP contribution in [0.1, 0.15) is 10.4 Å². The van der Waals surface area contributed by atoms with Crippen LogP contribution in [0.15, 0.2) is 65.8 Å². The van der Waals surface area contributed by atoms with E-state index in [4.69, 9.17) is 16.7 Å². The van der Waals surface area contributed by atoms with Crippen LogP contribution in [-0.4, -0.2) is 29.5 Å². The van der Waals surface area contributed by atoms with E-state index >= 15 is 0 Å². The summed E-state index contributed by atoms with van der Waals surface area (Å²) in [6, 6.07) is 11.9. The molecule has 0 saturated carbocycles. The van der Waals surface area contributed by atoms with E-state index in [0.717, 1.165) is 0 Å². The summed E-state index contributed by atoms with van der Waals surface area (Å²) >= 11 is 5.97. The van der Waals surface area contributed by atoms with Crippen molar-refractivity contribution in [3.05, 3.63) is 71.5 Å². The predicted octanol–water partition coefficient (Wildman–Crippen LogP) is 3.30. The highest BCUT2D eigenvalue weighted by atomic mass is 35.5. The molecule has 0 aliphatic heterocycles. The topological polar surface area (TPSA) is 109 Å². The maximum absolute atomic E-state index is 12.6. The van der Waals surface area contributed by atoms with Gasteiger partial charge >= 0.3 is 5.97 Å². The Balaban J connectivity index is 2.00. The van der Waals surface area contributed by atoms with Gasteiger partial charge < -0.3 is 5.11 Å². The van der Waals surface area contributed by atoms with Gasteiger partial charge in [-0.2, -0.15) is 0 Å². The molecule has 0 aliphatic carbocycles. The normalized spacial score (nSPS) is 11.1. The molecule has 2 aromatic carbocycles. The Morgan fingerprint density at radius 3 is 2.31 bits per heavy atom. The lowest BCUT2D eigenvalue weighted by Crippen LogP contribution is -2.15. The number of anilines is 1. The van der Waals surface area contributed by atoms with Crippen molar-refractivity contribution >= 4 is 33.4 Å². The molecule has 9 heteroatoms. The SMILES string of the molecule is O=C(O)c1ccc(-c2nccnc2NS(=O)(=O)c2ccccc2Cl)cc1. The van der Waals surface area contributed by atoms with Crippen LogP contribution in [0.3, 0.4) is 0 Å². The molecule has 3 aromatic rings. The largest absolute Gasteiger partial charge is 0.478 e. The van der Waals surface area contributed by atoms with Crippen molar-refractivity contribution in [3.63, 3.8) is 0 Å². The van der Waals surface area contributed by atoms with Gasteiger partial charge in [0.2, 0.25) is 0 Å². The molecular formula is C17H12ClN3O4S. The fraction of sp³-hybridized carbons (Fsp3) is 0. The maximum Gasteiger partial charge on any atom is 0.335 e. The van der Waals surface area contributed by atoms with Crippen molar-refractivity contribution in [2.24, 2.45) is 0 Å². The molecule has 0 unspecified atom stereocenters. The summed E-state index contributed by atoms with van der Waals surface area (Å²) in [4.78, 5) is 19.1.